The van der Waals surface area contributed by atoms with Crippen molar-refractivity contribution in [3.05, 3.63) is 59.4 Å². The van der Waals surface area contributed by atoms with Gasteiger partial charge in [-0.1, -0.05) is 13.0 Å². The van der Waals surface area contributed by atoms with Crippen LogP contribution < -0.4 is 33.3 Å². The zero-order valence-electron chi connectivity index (χ0n) is 17.6. The molecule has 3 aliphatic rings. The lowest BCUT2D eigenvalue weighted by molar-refractivity contribution is -0.671. The molecule has 1 aromatic heterocycles. The lowest BCUT2D eigenvalue weighted by atomic mass is 9.55. The van der Waals surface area contributed by atoms with Crippen molar-refractivity contribution in [2.24, 2.45) is 24.3 Å². The zero-order valence-corrected chi connectivity index (χ0v) is 19.7. The average Bonchev–Trinajstić information content (AvgIpc) is 3.02. The molecule has 0 radical (unpaired) electrons. The smallest absolute Gasteiger partial charge is 0.349 e. The summed E-state index contributed by atoms with van der Waals surface area (Å²) in [5.41, 5.74) is 3.18. The minimum atomic E-state index is -0.326. The van der Waals surface area contributed by atoms with E-state index in [4.69, 9.17) is 4.74 Å². The van der Waals surface area contributed by atoms with Crippen LogP contribution in [0.25, 0.3) is 0 Å². The summed E-state index contributed by atoms with van der Waals surface area (Å²) in [4.78, 5) is 25.0. The second-order valence-corrected chi connectivity index (χ2v) is 9.34. The number of fused-ring (bicyclic) bond motifs is 5. The number of nitrogens with zero attached hydrogens (tertiary/aromatic N) is 1. The summed E-state index contributed by atoms with van der Waals surface area (Å²) in [6, 6.07) is 9.77. The maximum atomic E-state index is 12.5. The Bertz CT molecular complexity index is 1000. The first kappa shape index (κ1) is 21.5. The van der Waals surface area contributed by atoms with Gasteiger partial charge in [0, 0.05) is 17.9 Å². The quantitative estimate of drug-likeness (QED) is 0.260. The second-order valence-electron chi connectivity index (χ2n) is 9.34. The minimum Gasteiger partial charge on any atom is -1.00 e. The standard InChI is InChI=1S/C25H28NO3.HI/c1-25-12-11-20-19-8-6-18(29-24(28)17-4-3-13-26(2)15-17)14-16(19)5-7-21(20)22(25)9-10-23(25)27;/h3-4,6,8,13-15,20-22H,5,7,9-12H2,1-2H3;1H/q+1;/p-1/t20-,21-,22+,25+;/m1./s1. The number of aryl methyl sites for hydroxylation is 2. The molecule has 0 amide bonds. The fraction of sp³-hybridized carbons (Fsp3) is 0.480. The van der Waals surface area contributed by atoms with Gasteiger partial charge in [0.2, 0.25) is 0 Å². The molecule has 1 heterocycles. The molecule has 4 atom stereocenters. The van der Waals surface area contributed by atoms with E-state index in [1.807, 2.05) is 29.9 Å². The lowest BCUT2D eigenvalue weighted by Gasteiger charge is -2.48. The van der Waals surface area contributed by atoms with Crippen LogP contribution in [0.2, 0.25) is 0 Å². The van der Waals surface area contributed by atoms with Gasteiger partial charge in [0.15, 0.2) is 12.4 Å². The van der Waals surface area contributed by atoms with Crippen LogP contribution in [0.3, 0.4) is 0 Å². The van der Waals surface area contributed by atoms with Gasteiger partial charge in [0.05, 0.1) is 0 Å². The Morgan fingerprint density at radius 2 is 2.00 bits per heavy atom. The highest BCUT2D eigenvalue weighted by Crippen LogP contribution is 2.59. The number of esters is 1. The molecule has 2 fully saturated rings. The normalized spacial score (nSPS) is 29.3. The van der Waals surface area contributed by atoms with Gasteiger partial charge in [-0.25, -0.2) is 9.36 Å². The van der Waals surface area contributed by atoms with Crippen molar-refractivity contribution in [2.75, 3.05) is 0 Å². The first-order valence-corrected chi connectivity index (χ1v) is 10.8. The third-order valence-electron chi connectivity index (χ3n) is 7.79. The number of ketones is 1. The van der Waals surface area contributed by atoms with Crippen LogP contribution in [0.5, 0.6) is 5.75 Å². The fourth-order valence-corrected chi connectivity index (χ4v) is 6.27. The number of halogens is 1. The van der Waals surface area contributed by atoms with Crippen molar-refractivity contribution >= 4 is 11.8 Å². The highest BCUT2D eigenvalue weighted by Gasteiger charge is 2.54. The summed E-state index contributed by atoms with van der Waals surface area (Å²) in [7, 11) is 1.89. The highest BCUT2D eigenvalue weighted by molar-refractivity contribution is 5.90. The van der Waals surface area contributed by atoms with E-state index in [0.29, 0.717) is 34.8 Å². The summed E-state index contributed by atoms with van der Waals surface area (Å²) in [5.74, 6) is 2.48. The van der Waals surface area contributed by atoms with Gasteiger partial charge in [-0.05, 0) is 79.2 Å². The van der Waals surface area contributed by atoms with Crippen molar-refractivity contribution < 1.29 is 42.9 Å². The number of hydrogen-bond acceptors (Lipinski definition) is 3. The molecule has 30 heavy (non-hydrogen) atoms. The fourth-order valence-electron chi connectivity index (χ4n) is 6.27. The van der Waals surface area contributed by atoms with Gasteiger partial charge in [-0.3, -0.25) is 4.79 Å². The van der Waals surface area contributed by atoms with Crippen LogP contribution in [0.15, 0.2) is 42.7 Å². The number of benzene rings is 1. The number of carbonyl (C=O) groups excluding carboxylic acids is 2. The summed E-state index contributed by atoms with van der Waals surface area (Å²) in [6.07, 6.45) is 9.74. The Labute approximate surface area is 195 Å². The second kappa shape index (κ2) is 8.06. The molecular weight excluding hydrogens is 489 g/mol. The van der Waals surface area contributed by atoms with Gasteiger partial charge in [0.25, 0.3) is 0 Å². The Morgan fingerprint density at radius 1 is 1.17 bits per heavy atom. The molecule has 0 saturated heterocycles. The van der Waals surface area contributed by atoms with Crippen LogP contribution in [0, 0.1) is 17.3 Å². The Morgan fingerprint density at radius 3 is 2.80 bits per heavy atom. The molecule has 3 aliphatic carbocycles. The molecule has 4 nitrogen and oxygen atoms in total. The Balaban J connectivity index is 0.00000218. The third kappa shape index (κ3) is 3.49. The van der Waals surface area contributed by atoms with E-state index in [0.717, 1.165) is 38.5 Å². The number of Topliss-reactive ketones (excluding diaryl/α,β-unsaturated/α-hetero) is 1. The molecule has 2 saturated carbocycles. The molecule has 2 aromatic rings. The van der Waals surface area contributed by atoms with E-state index in [1.165, 1.54) is 11.1 Å². The summed E-state index contributed by atoms with van der Waals surface area (Å²) in [5, 5.41) is 0. The van der Waals surface area contributed by atoms with E-state index in [1.54, 1.807) is 12.3 Å². The third-order valence-corrected chi connectivity index (χ3v) is 7.79. The van der Waals surface area contributed by atoms with Gasteiger partial charge < -0.3 is 28.7 Å². The molecular formula is C25H28INO3. The van der Waals surface area contributed by atoms with E-state index in [2.05, 4.69) is 19.1 Å². The predicted octanol–water partition coefficient (Wildman–Crippen LogP) is 1.16. The largest absolute Gasteiger partial charge is 1.00 e. The summed E-state index contributed by atoms with van der Waals surface area (Å²) >= 11 is 0. The van der Waals surface area contributed by atoms with Crippen molar-refractivity contribution in [2.45, 2.75) is 51.4 Å². The van der Waals surface area contributed by atoms with Crippen LogP contribution in [0.1, 0.15) is 66.4 Å². The van der Waals surface area contributed by atoms with Gasteiger partial charge in [0.1, 0.15) is 24.1 Å². The highest BCUT2D eigenvalue weighted by atomic mass is 127. The summed E-state index contributed by atoms with van der Waals surface area (Å²) in [6.45, 7) is 2.21. The first-order chi connectivity index (χ1) is 14.0. The molecule has 5 rings (SSSR count). The van der Waals surface area contributed by atoms with E-state index >= 15 is 0 Å². The van der Waals surface area contributed by atoms with Gasteiger partial charge in [-0.2, -0.15) is 0 Å². The maximum Gasteiger partial charge on any atom is 0.349 e. The molecule has 0 bridgehead atoms. The predicted molar refractivity (Wildman–Crippen MR) is 109 cm³/mol. The number of hydrogen-bond donors (Lipinski definition) is 0. The molecule has 1 aromatic carbocycles. The monoisotopic (exact) mass is 517 g/mol. The van der Waals surface area contributed by atoms with Crippen molar-refractivity contribution in [1.82, 2.24) is 0 Å². The Kier molecular flexibility index (Phi) is 5.77. The van der Waals surface area contributed by atoms with Gasteiger partial charge in [-0.15, -0.1) is 0 Å². The molecule has 5 heteroatoms. The van der Waals surface area contributed by atoms with Crippen molar-refractivity contribution in [3.8, 4) is 5.75 Å². The number of carbonyl (C=O) groups is 2. The molecule has 0 spiro atoms. The van der Waals surface area contributed by atoms with E-state index < -0.39 is 0 Å². The lowest BCUT2D eigenvalue weighted by Crippen LogP contribution is -3.00. The van der Waals surface area contributed by atoms with Crippen LogP contribution in [0.4, 0.5) is 0 Å². The molecule has 0 unspecified atom stereocenters. The van der Waals surface area contributed by atoms with Crippen molar-refractivity contribution in [1.29, 1.82) is 0 Å². The Hall–Kier alpha value is -1.76. The average molecular weight is 517 g/mol. The van der Waals surface area contributed by atoms with Crippen LogP contribution in [-0.4, -0.2) is 11.8 Å². The number of ether oxygens (including phenoxy) is 1. The van der Waals surface area contributed by atoms with Gasteiger partial charge >= 0.3 is 5.97 Å². The zero-order chi connectivity index (χ0) is 20.2. The molecule has 0 N–H and O–H groups in total. The summed E-state index contributed by atoms with van der Waals surface area (Å²) < 4.78 is 7.50. The number of aromatic nitrogens is 1. The SMILES string of the molecule is C[n+]1cccc(C(=O)Oc2ccc3c(c2)CC[C@@H]2[C@@H]3CC[C@]3(C)C(=O)CC[C@@H]23)c1.[I-]. The topological polar surface area (TPSA) is 47.2 Å². The van der Waals surface area contributed by atoms with Crippen LogP contribution >= 0.6 is 0 Å². The maximum absolute atomic E-state index is 12.5. The minimum absolute atomic E-state index is 0. The molecule has 0 aliphatic heterocycles. The number of pyridine rings is 1. The van der Waals surface area contributed by atoms with Crippen molar-refractivity contribution in [3.63, 3.8) is 0 Å². The molecule has 158 valence electrons. The van der Waals surface area contributed by atoms with E-state index in [9.17, 15) is 9.59 Å². The first-order valence-electron chi connectivity index (χ1n) is 10.8. The van der Waals surface area contributed by atoms with Crippen LogP contribution in [-0.2, 0) is 18.3 Å². The van der Waals surface area contributed by atoms with E-state index in [-0.39, 0.29) is 35.4 Å². The number of rotatable bonds is 2.